The molecule has 0 aromatic heterocycles. The lowest BCUT2D eigenvalue weighted by atomic mass is 9.90. The van der Waals surface area contributed by atoms with Crippen molar-refractivity contribution in [3.05, 3.63) is 34.9 Å². The first-order valence-corrected chi connectivity index (χ1v) is 7.81. The van der Waals surface area contributed by atoms with Crippen LogP contribution in [0.25, 0.3) is 0 Å². The van der Waals surface area contributed by atoms with Gasteiger partial charge in [-0.2, -0.15) is 0 Å². The number of hydrogen-bond donors (Lipinski definition) is 1. The third kappa shape index (κ3) is 3.78. The van der Waals surface area contributed by atoms with Crippen molar-refractivity contribution in [2.45, 2.75) is 44.6 Å². The average molecular weight is 309 g/mol. The van der Waals surface area contributed by atoms with Gasteiger partial charge in [-0.15, -0.1) is 12.4 Å². The number of fused-ring (bicyclic) bond motifs is 1. The van der Waals surface area contributed by atoms with Gasteiger partial charge in [0.05, 0.1) is 6.42 Å². The van der Waals surface area contributed by atoms with Gasteiger partial charge in [0.15, 0.2) is 0 Å². The van der Waals surface area contributed by atoms with Crippen LogP contribution in [0, 0.1) is 0 Å². The molecule has 2 aliphatic rings. The Kier molecular flexibility index (Phi) is 5.65. The topological polar surface area (TPSA) is 32.3 Å². The summed E-state index contributed by atoms with van der Waals surface area (Å²) >= 11 is 0. The highest BCUT2D eigenvalue weighted by Crippen LogP contribution is 2.22. The summed E-state index contributed by atoms with van der Waals surface area (Å²) in [6.07, 6.45) is 6.60. The predicted molar refractivity (Wildman–Crippen MR) is 88.1 cm³/mol. The highest BCUT2D eigenvalue weighted by atomic mass is 35.5. The molecule has 0 spiro atoms. The maximum Gasteiger partial charge on any atom is 0.227 e. The fourth-order valence-corrected chi connectivity index (χ4v) is 3.37. The molecule has 1 amide bonds. The number of likely N-dealkylation sites (N-methyl/N-ethyl adjacent to an activating group) is 1. The molecule has 0 bridgehead atoms. The summed E-state index contributed by atoms with van der Waals surface area (Å²) in [4.78, 5) is 14.3. The number of benzene rings is 1. The lowest BCUT2D eigenvalue weighted by molar-refractivity contribution is -0.130. The Morgan fingerprint density at radius 3 is 2.76 bits per heavy atom. The molecule has 4 heteroatoms. The molecule has 1 unspecified atom stereocenters. The molecule has 1 aliphatic heterocycles. The minimum absolute atomic E-state index is 0. The fraction of sp³-hybridized carbons (Fsp3) is 0.588. The van der Waals surface area contributed by atoms with Crippen LogP contribution >= 0.6 is 12.4 Å². The summed E-state index contributed by atoms with van der Waals surface area (Å²) in [5.41, 5.74) is 4.13. The van der Waals surface area contributed by atoms with E-state index in [4.69, 9.17) is 0 Å². The molecule has 3 rings (SSSR count). The van der Waals surface area contributed by atoms with Crippen LogP contribution in [0.3, 0.4) is 0 Å². The zero-order chi connectivity index (χ0) is 13.9. The Hall–Kier alpha value is -1.06. The Balaban J connectivity index is 0.00000161. The highest BCUT2D eigenvalue weighted by molar-refractivity contribution is 5.85. The van der Waals surface area contributed by atoms with Gasteiger partial charge in [-0.05, 0) is 55.3 Å². The summed E-state index contributed by atoms with van der Waals surface area (Å²) in [6, 6.07) is 7.00. The van der Waals surface area contributed by atoms with E-state index in [1.165, 1.54) is 42.4 Å². The third-order valence-electron chi connectivity index (χ3n) is 4.74. The monoisotopic (exact) mass is 308 g/mol. The van der Waals surface area contributed by atoms with E-state index in [1.54, 1.807) is 0 Å². The summed E-state index contributed by atoms with van der Waals surface area (Å²) < 4.78 is 0. The number of aryl methyl sites for hydroxylation is 2. The van der Waals surface area contributed by atoms with Crippen LogP contribution in [-0.4, -0.2) is 37.0 Å². The van der Waals surface area contributed by atoms with E-state index in [0.717, 1.165) is 19.5 Å². The fourth-order valence-electron chi connectivity index (χ4n) is 3.37. The van der Waals surface area contributed by atoms with Crippen LogP contribution in [0.15, 0.2) is 18.2 Å². The third-order valence-corrected chi connectivity index (χ3v) is 4.74. The molecular formula is C17H25ClN2O. The summed E-state index contributed by atoms with van der Waals surface area (Å²) in [7, 11) is 1.94. The Bertz CT molecular complexity index is 498. The summed E-state index contributed by atoms with van der Waals surface area (Å²) in [5, 5.41) is 3.32. The van der Waals surface area contributed by atoms with Crippen LogP contribution in [0.4, 0.5) is 0 Å². The van der Waals surface area contributed by atoms with E-state index in [2.05, 4.69) is 23.5 Å². The van der Waals surface area contributed by atoms with E-state index in [-0.39, 0.29) is 18.3 Å². The Labute approximate surface area is 133 Å². The molecule has 21 heavy (non-hydrogen) atoms. The van der Waals surface area contributed by atoms with Crippen molar-refractivity contribution >= 4 is 18.3 Å². The van der Waals surface area contributed by atoms with Crippen LogP contribution in [-0.2, 0) is 24.1 Å². The van der Waals surface area contributed by atoms with E-state index < -0.39 is 0 Å². The first-order chi connectivity index (χ1) is 9.74. The van der Waals surface area contributed by atoms with Gasteiger partial charge < -0.3 is 10.2 Å². The Morgan fingerprint density at radius 1 is 1.29 bits per heavy atom. The molecule has 1 fully saturated rings. The van der Waals surface area contributed by atoms with Gasteiger partial charge in [-0.3, -0.25) is 4.79 Å². The van der Waals surface area contributed by atoms with Crippen LogP contribution < -0.4 is 5.32 Å². The molecule has 1 saturated heterocycles. The van der Waals surface area contributed by atoms with Crippen molar-refractivity contribution in [3.8, 4) is 0 Å². The molecule has 1 aromatic rings. The molecule has 1 aliphatic carbocycles. The standard InChI is InChI=1S/C17H24N2O.ClH/c1-19(16-8-9-18-12-16)17(20)11-13-6-7-14-4-2-3-5-15(14)10-13;/h6-7,10,16,18H,2-5,8-9,11-12H2,1H3;1H. The van der Waals surface area contributed by atoms with Crippen molar-refractivity contribution in [3.63, 3.8) is 0 Å². The number of nitrogens with zero attached hydrogens (tertiary/aromatic N) is 1. The van der Waals surface area contributed by atoms with Crippen LogP contribution in [0.5, 0.6) is 0 Å². The van der Waals surface area contributed by atoms with E-state index >= 15 is 0 Å². The molecule has 1 N–H and O–H groups in total. The van der Waals surface area contributed by atoms with Crippen LogP contribution in [0.1, 0.15) is 36.0 Å². The van der Waals surface area contributed by atoms with Crippen molar-refractivity contribution < 1.29 is 4.79 Å². The minimum atomic E-state index is 0. The molecular weight excluding hydrogens is 284 g/mol. The van der Waals surface area contributed by atoms with Gasteiger partial charge in [0.1, 0.15) is 0 Å². The predicted octanol–water partition coefficient (Wildman–Crippen LogP) is 2.35. The maximum absolute atomic E-state index is 12.4. The largest absolute Gasteiger partial charge is 0.341 e. The molecule has 1 aromatic carbocycles. The van der Waals surface area contributed by atoms with Gasteiger partial charge >= 0.3 is 0 Å². The maximum atomic E-state index is 12.4. The van der Waals surface area contributed by atoms with Gasteiger partial charge in [0, 0.05) is 19.6 Å². The van der Waals surface area contributed by atoms with Gasteiger partial charge in [0.25, 0.3) is 0 Å². The number of halogens is 1. The molecule has 0 radical (unpaired) electrons. The van der Waals surface area contributed by atoms with E-state index in [0.29, 0.717) is 12.5 Å². The minimum Gasteiger partial charge on any atom is -0.341 e. The summed E-state index contributed by atoms with van der Waals surface area (Å²) in [5.74, 6) is 0.245. The number of carbonyl (C=O) groups is 1. The lowest BCUT2D eigenvalue weighted by Crippen LogP contribution is -2.39. The second kappa shape index (κ2) is 7.28. The number of carbonyl (C=O) groups excluding carboxylic acids is 1. The van der Waals surface area contributed by atoms with Crippen molar-refractivity contribution in [2.75, 3.05) is 20.1 Å². The van der Waals surface area contributed by atoms with Crippen molar-refractivity contribution in [1.82, 2.24) is 10.2 Å². The Morgan fingerprint density at radius 2 is 2.05 bits per heavy atom. The first kappa shape index (κ1) is 16.3. The van der Waals surface area contributed by atoms with Gasteiger partial charge in [0.2, 0.25) is 5.91 Å². The molecule has 1 heterocycles. The SMILES string of the molecule is CN(C(=O)Cc1ccc2c(c1)CCCC2)C1CCNC1.Cl. The number of hydrogen-bond acceptors (Lipinski definition) is 2. The second-order valence-corrected chi connectivity index (χ2v) is 6.14. The summed E-state index contributed by atoms with van der Waals surface area (Å²) in [6.45, 7) is 1.97. The van der Waals surface area contributed by atoms with E-state index in [1.807, 2.05) is 11.9 Å². The number of rotatable bonds is 3. The van der Waals surface area contributed by atoms with E-state index in [9.17, 15) is 4.79 Å². The zero-order valence-corrected chi connectivity index (χ0v) is 13.5. The normalized spacial score (nSPS) is 20.5. The smallest absolute Gasteiger partial charge is 0.227 e. The van der Waals surface area contributed by atoms with Crippen molar-refractivity contribution in [1.29, 1.82) is 0 Å². The number of nitrogens with one attached hydrogen (secondary N) is 1. The number of amides is 1. The first-order valence-electron chi connectivity index (χ1n) is 7.81. The highest BCUT2D eigenvalue weighted by Gasteiger charge is 2.23. The quantitative estimate of drug-likeness (QED) is 0.929. The zero-order valence-electron chi connectivity index (χ0n) is 12.7. The van der Waals surface area contributed by atoms with Gasteiger partial charge in [-0.1, -0.05) is 18.2 Å². The molecule has 3 nitrogen and oxygen atoms in total. The second-order valence-electron chi connectivity index (χ2n) is 6.14. The van der Waals surface area contributed by atoms with Gasteiger partial charge in [-0.25, -0.2) is 0 Å². The van der Waals surface area contributed by atoms with Crippen molar-refractivity contribution in [2.24, 2.45) is 0 Å². The van der Waals surface area contributed by atoms with Crippen LogP contribution in [0.2, 0.25) is 0 Å². The molecule has 1 atom stereocenters. The lowest BCUT2D eigenvalue weighted by Gasteiger charge is -2.24. The average Bonchev–Trinajstić information content (AvgIpc) is 3.00. The molecule has 0 saturated carbocycles. The molecule has 116 valence electrons.